The van der Waals surface area contributed by atoms with Crippen molar-refractivity contribution in [2.45, 2.75) is 26.7 Å². The van der Waals surface area contributed by atoms with Crippen LogP contribution in [0.3, 0.4) is 0 Å². The van der Waals surface area contributed by atoms with Crippen molar-refractivity contribution in [3.63, 3.8) is 0 Å². The third-order valence-corrected chi connectivity index (χ3v) is 1.45. The Balaban J connectivity index is 2.50. The van der Waals surface area contributed by atoms with Crippen LogP contribution in [0.2, 0.25) is 0 Å². The first-order chi connectivity index (χ1) is 3.29. The van der Waals surface area contributed by atoms with Crippen LogP contribution in [0.1, 0.15) is 26.7 Å². The molecule has 0 amide bonds. The van der Waals surface area contributed by atoms with Crippen molar-refractivity contribution in [3.05, 3.63) is 11.6 Å². The van der Waals surface area contributed by atoms with Crippen LogP contribution in [-0.2, 0) is 0 Å². The lowest BCUT2D eigenvalue weighted by molar-refractivity contribution is 0.686. The van der Waals surface area contributed by atoms with Crippen molar-refractivity contribution < 1.29 is 0 Å². The van der Waals surface area contributed by atoms with E-state index in [2.05, 4.69) is 19.9 Å². The summed E-state index contributed by atoms with van der Waals surface area (Å²) < 4.78 is 0. The lowest BCUT2D eigenvalue weighted by Gasteiger charge is -1.88. The van der Waals surface area contributed by atoms with Crippen molar-refractivity contribution in [1.82, 2.24) is 0 Å². The third kappa shape index (κ3) is 1.05. The molecule has 39 valence electrons. The molecule has 0 N–H and O–H groups in total. The number of hydrogen-bond donors (Lipinski definition) is 0. The van der Waals surface area contributed by atoms with Crippen LogP contribution < -0.4 is 0 Å². The van der Waals surface area contributed by atoms with E-state index in [1.54, 1.807) is 0 Å². The van der Waals surface area contributed by atoms with Gasteiger partial charge in [0.15, 0.2) is 0 Å². The molecule has 0 aromatic rings. The van der Waals surface area contributed by atoms with E-state index in [1.165, 1.54) is 18.4 Å². The first-order valence-electron chi connectivity index (χ1n) is 2.88. The van der Waals surface area contributed by atoms with Gasteiger partial charge in [0.25, 0.3) is 0 Å². The zero-order valence-corrected chi connectivity index (χ0v) is 4.99. The van der Waals surface area contributed by atoms with Gasteiger partial charge in [-0.2, -0.15) is 0 Å². The molecular formula is C7H11. The highest BCUT2D eigenvalue weighted by Gasteiger charge is 2.06. The molecule has 1 aliphatic carbocycles. The van der Waals surface area contributed by atoms with Gasteiger partial charge in [-0.1, -0.05) is 12.5 Å². The molecule has 0 heteroatoms. The van der Waals surface area contributed by atoms with Crippen LogP contribution in [0.4, 0.5) is 0 Å². The zero-order valence-electron chi connectivity index (χ0n) is 4.99. The highest BCUT2D eigenvalue weighted by molar-refractivity contribution is 5.00. The fourth-order valence-electron chi connectivity index (χ4n) is 0.998. The van der Waals surface area contributed by atoms with E-state index in [0.717, 1.165) is 5.92 Å². The first-order valence-corrected chi connectivity index (χ1v) is 2.88. The Labute approximate surface area is 45.2 Å². The number of allylic oxidation sites excluding steroid dienone is 2. The van der Waals surface area contributed by atoms with Crippen LogP contribution >= 0.6 is 0 Å². The minimum atomic E-state index is 0.736. The number of rotatable bonds is 0. The molecule has 1 radical (unpaired) electrons. The summed E-state index contributed by atoms with van der Waals surface area (Å²) in [6, 6.07) is 0. The lowest BCUT2D eigenvalue weighted by Crippen LogP contribution is -1.77. The van der Waals surface area contributed by atoms with Gasteiger partial charge in [0, 0.05) is 0 Å². The molecule has 1 atom stereocenters. The fourth-order valence-corrected chi connectivity index (χ4v) is 0.998. The van der Waals surface area contributed by atoms with E-state index in [9.17, 15) is 0 Å². The Kier molecular flexibility index (Phi) is 1.18. The molecule has 1 aliphatic rings. The molecular weight excluding hydrogens is 84.1 g/mol. The SMILES string of the molecule is CC1=[C]C(C)CC1. The van der Waals surface area contributed by atoms with Gasteiger partial charge in [-0.05, 0) is 31.8 Å². The molecule has 0 saturated carbocycles. The zero-order chi connectivity index (χ0) is 5.28. The summed E-state index contributed by atoms with van der Waals surface area (Å²) in [5, 5.41) is 0. The topological polar surface area (TPSA) is 0 Å². The molecule has 1 unspecified atom stereocenters. The Hall–Kier alpha value is -0.260. The average Bonchev–Trinajstić information content (AvgIpc) is 1.87. The molecule has 0 aliphatic heterocycles. The minimum absolute atomic E-state index is 0.736. The maximum absolute atomic E-state index is 3.33. The van der Waals surface area contributed by atoms with Crippen LogP contribution in [-0.4, -0.2) is 0 Å². The Morgan fingerprint density at radius 1 is 1.71 bits per heavy atom. The standard InChI is InChI=1S/C7H11/c1-6-3-4-7(2)5-6/h6H,3-4H2,1-2H3. The van der Waals surface area contributed by atoms with E-state index >= 15 is 0 Å². The van der Waals surface area contributed by atoms with Gasteiger partial charge >= 0.3 is 0 Å². The predicted molar refractivity (Wildman–Crippen MR) is 30.8 cm³/mol. The molecule has 0 fully saturated rings. The van der Waals surface area contributed by atoms with Gasteiger partial charge in [-0.3, -0.25) is 0 Å². The Morgan fingerprint density at radius 3 is 2.57 bits per heavy atom. The molecule has 0 saturated heterocycles. The molecule has 1 rings (SSSR count). The third-order valence-electron chi connectivity index (χ3n) is 1.45. The molecule has 0 aromatic carbocycles. The van der Waals surface area contributed by atoms with Crippen molar-refractivity contribution in [2.75, 3.05) is 0 Å². The van der Waals surface area contributed by atoms with Crippen molar-refractivity contribution >= 4 is 0 Å². The van der Waals surface area contributed by atoms with Gasteiger partial charge in [0.05, 0.1) is 0 Å². The van der Waals surface area contributed by atoms with Crippen LogP contribution in [0.5, 0.6) is 0 Å². The van der Waals surface area contributed by atoms with Gasteiger partial charge < -0.3 is 0 Å². The lowest BCUT2D eigenvalue weighted by atomic mass is 10.2. The maximum atomic E-state index is 3.33. The van der Waals surface area contributed by atoms with E-state index in [-0.39, 0.29) is 0 Å². The highest BCUT2D eigenvalue weighted by Crippen LogP contribution is 2.20. The summed E-state index contributed by atoms with van der Waals surface area (Å²) >= 11 is 0. The smallest absolute Gasteiger partial charge is 0.0185 e. The van der Waals surface area contributed by atoms with Crippen molar-refractivity contribution in [3.8, 4) is 0 Å². The summed E-state index contributed by atoms with van der Waals surface area (Å²) in [7, 11) is 0. The molecule has 0 bridgehead atoms. The Morgan fingerprint density at radius 2 is 2.43 bits per heavy atom. The molecule has 0 nitrogen and oxygen atoms in total. The normalized spacial score (nSPS) is 30.6. The summed E-state index contributed by atoms with van der Waals surface area (Å²) in [5.74, 6) is 0.736. The van der Waals surface area contributed by atoms with Gasteiger partial charge in [0.1, 0.15) is 0 Å². The van der Waals surface area contributed by atoms with Gasteiger partial charge in [0.2, 0.25) is 0 Å². The quantitative estimate of drug-likeness (QED) is 0.432. The Bertz CT molecular complexity index is 90.2. The first kappa shape index (κ1) is 4.89. The summed E-state index contributed by atoms with van der Waals surface area (Å²) in [5.41, 5.74) is 1.45. The molecule has 0 spiro atoms. The summed E-state index contributed by atoms with van der Waals surface area (Å²) in [6.45, 7) is 4.38. The predicted octanol–water partition coefficient (Wildman–Crippen LogP) is 2.17. The second kappa shape index (κ2) is 1.69. The average molecular weight is 95.2 g/mol. The molecule has 0 aromatic heterocycles. The molecule has 7 heavy (non-hydrogen) atoms. The maximum Gasteiger partial charge on any atom is -0.0185 e. The van der Waals surface area contributed by atoms with Gasteiger partial charge in [-0.25, -0.2) is 0 Å². The van der Waals surface area contributed by atoms with E-state index in [0.29, 0.717) is 0 Å². The van der Waals surface area contributed by atoms with Crippen LogP contribution in [0.25, 0.3) is 0 Å². The fraction of sp³-hybridized carbons (Fsp3) is 0.714. The van der Waals surface area contributed by atoms with E-state index in [4.69, 9.17) is 0 Å². The second-order valence-electron chi connectivity index (χ2n) is 2.36. The van der Waals surface area contributed by atoms with E-state index in [1.807, 2.05) is 0 Å². The van der Waals surface area contributed by atoms with Crippen molar-refractivity contribution in [1.29, 1.82) is 0 Å². The second-order valence-corrected chi connectivity index (χ2v) is 2.36. The largest absolute Gasteiger partial charge is 0.0695 e. The summed E-state index contributed by atoms with van der Waals surface area (Å²) in [6.07, 6.45) is 5.94. The monoisotopic (exact) mass is 95.1 g/mol. The highest BCUT2D eigenvalue weighted by atomic mass is 14.1. The minimum Gasteiger partial charge on any atom is -0.0695 e. The molecule has 0 heterocycles. The van der Waals surface area contributed by atoms with Crippen molar-refractivity contribution in [2.24, 2.45) is 5.92 Å². The van der Waals surface area contributed by atoms with Gasteiger partial charge in [-0.15, -0.1) is 0 Å². The number of hydrogen-bond acceptors (Lipinski definition) is 0. The van der Waals surface area contributed by atoms with Crippen LogP contribution in [0.15, 0.2) is 5.57 Å². The summed E-state index contributed by atoms with van der Waals surface area (Å²) in [4.78, 5) is 0. The van der Waals surface area contributed by atoms with Crippen LogP contribution in [0, 0.1) is 12.0 Å². The van der Waals surface area contributed by atoms with E-state index < -0.39 is 0 Å².